The third-order valence-corrected chi connectivity index (χ3v) is 9.27. The van der Waals surface area contributed by atoms with Gasteiger partial charge in [0.2, 0.25) is 10.0 Å². The minimum absolute atomic E-state index is 0.0667. The Hall–Kier alpha value is -1.27. The number of rotatable bonds is 4. The van der Waals surface area contributed by atoms with Crippen LogP contribution in [0, 0.1) is 13.8 Å². The average molecular weight is 391 g/mol. The zero-order valence-corrected chi connectivity index (χ0v) is 15.6. The molecule has 0 amide bonds. The van der Waals surface area contributed by atoms with Gasteiger partial charge in [-0.05, 0) is 25.3 Å². The van der Waals surface area contributed by atoms with E-state index in [2.05, 4.69) is 5.16 Å². The van der Waals surface area contributed by atoms with Crippen molar-refractivity contribution in [2.45, 2.75) is 23.0 Å². The Morgan fingerprint density at radius 1 is 1.04 bits per heavy atom. The molecular formula is C13H17N3O5S3. The first-order valence-electron chi connectivity index (χ1n) is 7.21. The molecule has 0 aliphatic carbocycles. The Bertz CT molecular complexity index is 904. The van der Waals surface area contributed by atoms with Crippen molar-refractivity contribution in [1.29, 1.82) is 0 Å². The van der Waals surface area contributed by atoms with E-state index in [1.807, 2.05) is 0 Å². The molecule has 2 aromatic heterocycles. The van der Waals surface area contributed by atoms with Crippen LogP contribution in [0.5, 0.6) is 0 Å². The number of hydrogen-bond donors (Lipinski definition) is 0. The van der Waals surface area contributed by atoms with Crippen LogP contribution in [0.2, 0.25) is 0 Å². The summed E-state index contributed by atoms with van der Waals surface area (Å²) < 4.78 is 58.2. The number of aromatic nitrogens is 1. The average Bonchev–Trinajstić information content (AvgIpc) is 3.18. The number of nitrogens with zero attached hydrogens (tertiary/aromatic N) is 3. The highest BCUT2D eigenvalue weighted by Crippen LogP contribution is 2.26. The van der Waals surface area contributed by atoms with E-state index < -0.39 is 20.0 Å². The van der Waals surface area contributed by atoms with Crippen molar-refractivity contribution in [2.24, 2.45) is 0 Å². The van der Waals surface area contributed by atoms with Crippen LogP contribution in [0.4, 0.5) is 0 Å². The number of thiophene rings is 1. The molecule has 3 heterocycles. The van der Waals surface area contributed by atoms with Gasteiger partial charge >= 0.3 is 0 Å². The van der Waals surface area contributed by atoms with E-state index in [0.717, 1.165) is 11.3 Å². The largest absolute Gasteiger partial charge is 0.360 e. The summed E-state index contributed by atoms with van der Waals surface area (Å²) in [4.78, 5) is 0.0667. The second kappa shape index (κ2) is 6.23. The fourth-order valence-corrected chi connectivity index (χ4v) is 6.94. The van der Waals surface area contributed by atoms with E-state index in [4.69, 9.17) is 4.52 Å². The van der Waals surface area contributed by atoms with Crippen LogP contribution in [-0.4, -0.2) is 56.8 Å². The first-order valence-corrected chi connectivity index (χ1v) is 11.0. The fourth-order valence-electron chi connectivity index (χ4n) is 2.66. The van der Waals surface area contributed by atoms with Gasteiger partial charge in [0.25, 0.3) is 10.0 Å². The molecule has 0 aromatic carbocycles. The number of aryl methyl sites for hydroxylation is 2. The number of piperazine rings is 1. The molecule has 0 unspecified atom stereocenters. The minimum atomic E-state index is -3.74. The van der Waals surface area contributed by atoms with Crippen molar-refractivity contribution in [1.82, 2.24) is 13.8 Å². The SMILES string of the molecule is Cc1noc(C)c1S(=O)(=O)N1CCN(S(=O)(=O)c2cccs2)CC1. The second-order valence-electron chi connectivity index (χ2n) is 5.39. The predicted molar refractivity (Wildman–Crippen MR) is 87.8 cm³/mol. The maximum atomic E-state index is 12.7. The van der Waals surface area contributed by atoms with Crippen molar-refractivity contribution in [3.8, 4) is 0 Å². The summed E-state index contributed by atoms with van der Waals surface area (Å²) in [5.74, 6) is 0.237. The van der Waals surface area contributed by atoms with Crippen LogP contribution in [0.1, 0.15) is 11.5 Å². The Morgan fingerprint density at radius 3 is 2.08 bits per heavy atom. The quantitative estimate of drug-likeness (QED) is 0.772. The normalized spacial score (nSPS) is 18.1. The summed E-state index contributed by atoms with van der Waals surface area (Å²) in [6, 6.07) is 3.22. The zero-order chi connectivity index (χ0) is 17.5. The second-order valence-corrected chi connectivity index (χ2v) is 10.4. The molecule has 1 aliphatic rings. The molecular weight excluding hydrogens is 374 g/mol. The van der Waals surface area contributed by atoms with Gasteiger partial charge in [0.05, 0.1) is 0 Å². The molecule has 0 N–H and O–H groups in total. The van der Waals surface area contributed by atoms with E-state index in [0.29, 0.717) is 5.69 Å². The lowest BCUT2D eigenvalue weighted by molar-refractivity contribution is 0.273. The summed E-state index contributed by atoms with van der Waals surface area (Å²) in [5.41, 5.74) is 0.307. The van der Waals surface area contributed by atoms with E-state index in [1.165, 1.54) is 8.61 Å². The molecule has 0 atom stereocenters. The van der Waals surface area contributed by atoms with Crippen LogP contribution in [0.3, 0.4) is 0 Å². The molecule has 24 heavy (non-hydrogen) atoms. The molecule has 0 saturated carbocycles. The lowest BCUT2D eigenvalue weighted by Gasteiger charge is -2.32. The highest BCUT2D eigenvalue weighted by molar-refractivity contribution is 7.91. The Morgan fingerprint density at radius 2 is 1.62 bits per heavy atom. The van der Waals surface area contributed by atoms with Gasteiger partial charge in [-0.15, -0.1) is 11.3 Å². The molecule has 1 saturated heterocycles. The van der Waals surface area contributed by atoms with E-state index in [1.54, 1.807) is 31.4 Å². The van der Waals surface area contributed by atoms with Crippen LogP contribution < -0.4 is 0 Å². The van der Waals surface area contributed by atoms with Crippen LogP contribution in [-0.2, 0) is 20.0 Å². The molecule has 11 heteroatoms. The zero-order valence-electron chi connectivity index (χ0n) is 13.2. The van der Waals surface area contributed by atoms with Gasteiger partial charge in [-0.25, -0.2) is 16.8 Å². The van der Waals surface area contributed by atoms with Crippen molar-refractivity contribution < 1.29 is 21.4 Å². The molecule has 0 radical (unpaired) electrons. The molecule has 1 aliphatic heterocycles. The van der Waals surface area contributed by atoms with Crippen molar-refractivity contribution in [2.75, 3.05) is 26.2 Å². The summed E-state index contributed by atoms with van der Waals surface area (Å²) in [6.07, 6.45) is 0. The summed E-state index contributed by atoms with van der Waals surface area (Å²) >= 11 is 1.15. The summed E-state index contributed by atoms with van der Waals surface area (Å²) in [6.45, 7) is 3.53. The van der Waals surface area contributed by atoms with Gasteiger partial charge in [0, 0.05) is 26.2 Å². The molecule has 8 nitrogen and oxygen atoms in total. The number of sulfonamides is 2. The Balaban J connectivity index is 1.78. The number of hydrogen-bond acceptors (Lipinski definition) is 7. The molecule has 0 bridgehead atoms. The summed E-state index contributed by atoms with van der Waals surface area (Å²) in [7, 11) is -7.30. The standard InChI is InChI=1S/C13H17N3O5S3/c1-10-13(11(2)21-14-10)24(19,20)16-7-5-15(6-8-16)23(17,18)12-4-3-9-22-12/h3-4,9H,5-8H2,1-2H3. The van der Waals surface area contributed by atoms with Crippen LogP contribution in [0.15, 0.2) is 31.1 Å². The van der Waals surface area contributed by atoms with Gasteiger partial charge < -0.3 is 4.52 Å². The Kier molecular flexibility index (Phi) is 4.55. The first-order chi connectivity index (χ1) is 11.2. The first kappa shape index (κ1) is 17.5. The van der Waals surface area contributed by atoms with Crippen molar-refractivity contribution in [3.63, 3.8) is 0 Å². The topological polar surface area (TPSA) is 101 Å². The smallest absolute Gasteiger partial charge is 0.252 e. The monoisotopic (exact) mass is 391 g/mol. The molecule has 3 rings (SSSR count). The van der Waals surface area contributed by atoms with Gasteiger partial charge in [-0.1, -0.05) is 11.2 Å². The van der Waals surface area contributed by atoms with Crippen LogP contribution in [0.25, 0.3) is 0 Å². The highest BCUT2D eigenvalue weighted by atomic mass is 32.2. The maximum absolute atomic E-state index is 12.7. The van der Waals surface area contributed by atoms with E-state index in [9.17, 15) is 16.8 Å². The lowest BCUT2D eigenvalue weighted by atomic mass is 10.4. The summed E-state index contributed by atoms with van der Waals surface area (Å²) in [5, 5.41) is 5.38. The van der Waals surface area contributed by atoms with E-state index >= 15 is 0 Å². The van der Waals surface area contributed by atoms with E-state index in [-0.39, 0.29) is 41.0 Å². The van der Waals surface area contributed by atoms with Crippen molar-refractivity contribution >= 4 is 31.4 Å². The molecule has 1 fully saturated rings. The fraction of sp³-hybridized carbons (Fsp3) is 0.462. The predicted octanol–water partition coefficient (Wildman–Crippen LogP) is 1.05. The Labute approximate surface area is 144 Å². The van der Waals surface area contributed by atoms with Crippen molar-refractivity contribution in [3.05, 3.63) is 29.0 Å². The third-order valence-electron chi connectivity index (χ3n) is 3.85. The highest BCUT2D eigenvalue weighted by Gasteiger charge is 2.36. The van der Waals surface area contributed by atoms with Gasteiger partial charge in [-0.3, -0.25) is 0 Å². The molecule has 132 valence electrons. The van der Waals surface area contributed by atoms with Gasteiger partial charge in [-0.2, -0.15) is 8.61 Å². The minimum Gasteiger partial charge on any atom is -0.360 e. The van der Waals surface area contributed by atoms with Gasteiger partial charge in [0.1, 0.15) is 14.8 Å². The molecule has 2 aromatic rings. The van der Waals surface area contributed by atoms with Crippen LogP contribution >= 0.6 is 11.3 Å². The third kappa shape index (κ3) is 2.90. The maximum Gasteiger partial charge on any atom is 0.252 e. The van der Waals surface area contributed by atoms with Gasteiger partial charge in [0.15, 0.2) is 5.76 Å². The molecule has 0 spiro atoms. The lowest BCUT2D eigenvalue weighted by Crippen LogP contribution is -2.50.